The molecule has 1 heterocycles. The average Bonchev–Trinajstić information content (AvgIpc) is 2.80. The predicted octanol–water partition coefficient (Wildman–Crippen LogP) is 4.92. The Morgan fingerprint density at radius 3 is 2.07 bits per heavy atom. The third-order valence-electron chi connectivity index (χ3n) is 4.86. The van der Waals surface area contributed by atoms with Crippen LogP contribution in [0.4, 0.5) is 5.82 Å². The fraction of sp³-hybridized carbons (Fsp3) is 0.0800. The first-order valence-corrected chi connectivity index (χ1v) is 9.70. The van der Waals surface area contributed by atoms with Crippen molar-refractivity contribution in [1.29, 1.82) is 0 Å². The van der Waals surface area contributed by atoms with Gasteiger partial charge in [0.1, 0.15) is 18.2 Å². The summed E-state index contributed by atoms with van der Waals surface area (Å²) in [4.78, 5) is 20.3. The Morgan fingerprint density at radius 2 is 1.40 bits per heavy atom. The van der Waals surface area contributed by atoms with Crippen molar-refractivity contribution in [2.75, 3.05) is 5.32 Å². The van der Waals surface area contributed by atoms with Crippen LogP contribution in [-0.4, -0.2) is 27.1 Å². The Balaban J connectivity index is 1.52. The summed E-state index contributed by atoms with van der Waals surface area (Å²) in [6.45, 7) is 0. The van der Waals surface area contributed by atoms with E-state index in [0.717, 1.165) is 27.9 Å². The van der Waals surface area contributed by atoms with Gasteiger partial charge < -0.3 is 10.4 Å². The summed E-state index contributed by atoms with van der Waals surface area (Å²) in [7, 11) is 0. The van der Waals surface area contributed by atoms with Gasteiger partial charge in [0.15, 0.2) is 0 Å². The number of rotatable bonds is 7. The zero-order valence-corrected chi connectivity index (χ0v) is 16.3. The van der Waals surface area contributed by atoms with E-state index >= 15 is 0 Å². The minimum atomic E-state index is -0.925. The zero-order chi connectivity index (χ0) is 20.8. The number of aliphatic carboxylic acids is 1. The monoisotopic (exact) mass is 395 g/mol. The number of carboxylic acid groups (broad SMARTS) is 1. The van der Waals surface area contributed by atoms with Crippen molar-refractivity contribution in [2.45, 2.75) is 12.5 Å². The Bertz CT molecular complexity index is 1110. The topological polar surface area (TPSA) is 75.1 Å². The molecule has 0 amide bonds. The molecule has 0 aliphatic heterocycles. The molecule has 0 spiro atoms. The van der Waals surface area contributed by atoms with E-state index in [4.69, 9.17) is 0 Å². The number of aromatic nitrogens is 2. The summed E-state index contributed by atoms with van der Waals surface area (Å²) in [6, 6.07) is 28.8. The van der Waals surface area contributed by atoms with Crippen molar-refractivity contribution >= 4 is 11.8 Å². The van der Waals surface area contributed by atoms with E-state index in [9.17, 15) is 9.90 Å². The van der Waals surface area contributed by atoms with E-state index < -0.39 is 12.0 Å². The van der Waals surface area contributed by atoms with Crippen LogP contribution in [0.25, 0.3) is 22.4 Å². The van der Waals surface area contributed by atoms with Gasteiger partial charge in [0, 0.05) is 18.1 Å². The molecule has 5 heteroatoms. The van der Waals surface area contributed by atoms with Crippen LogP contribution in [0.2, 0.25) is 0 Å². The number of carbonyl (C=O) groups is 1. The third-order valence-corrected chi connectivity index (χ3v) is 4.86. The quantitative estimate of drug-likeness (QED) is 0.465. The van der Waals surface area contributed by atoms with Crippen LogP contribution < -0.4 is 5.32 Å². The normalized spacial score (nSPS) is 11.6. The second-order valence-electron chi connectivity index (χ2n) is 6.96. The minimum absolute atomic E-state index is 0.362. The summed E-state index contributed by atoms with van der Waals surface area (Å²) in [5.41, 5.74) is 4.90. The van der Waals surface area contributed by atoms with Gasteiger partial charge in [-0.1, -0.05) is 84.9 Å². The molecule has 1 atom stereocenters. The maximum Gasteiger partial charge on any atom is 0.326 e. The first-order valence-electron chi connectivity index (χ1n) is 9.70. The molecule has 0 fully saturated rings. The number of carboxylic acids is 1. The van der Waals surface area contributed by atoms with Gasteiger partial charge in [0.05, 0.1) is 5.69 Å². The second kappa shape index (κ2) is 9.01. The Hall–Kier alpha value is -3.99. The lowest BCUT2D eigenvalue weighted by Crippen LogP contribution is -2.31. The summed E-state index contributed by atoms with van der Waals surface area (Å²) in [5, 5.41) is 12.6. The van der Waals surface area contributed by atoms with E-state index in [1.165, 1.54) is 6.33 Å². The smallest absolute Gasteiger partial charge is 0.326 e. The second-order valence-corrected chi connectivity index (χ2v) is 6.96. The Morgan fingerprint density at radius 1 is 0.800 bits per heavy atom. The van der Waals surface area contributed by atoms with Crippen molar-refractivity contribution < 1.29 is 9.90 Å². The molecule has 148 valence electrons. The molecule has 0 aliphatic rings. The van der Waals surface area contributed by atoms with Gasteiger partial charge in [-0.3, -0.25) is 0 Å². The molecule has 0 radical (unpaired) electrons. The SMILES string of the molecule is O=C(O)C(Cc1ccccc1)Nc1cc(-c2ccc(-c3ccccc3)cc2)ncn1. The first-order chi connectivity index (χ1) is 14.7. The van der Waals surface area contributed by atoms with Crippen molar-refractivity contribution in [3.63, 3.8) is 0 Å². The van der Waals surface area contributed by atoms with Crippen molar-refractivity contribution in [3.05, 3.63) is 103 Å². The standard InChI is InChI=1S/C25H21N3O2/c29-25(30)23(15-18-7-3-1-4-8-18)28-24-16-22(26-17-27-24)21-13-11-20(12-14-21)19-9-5-2-6-10-19/h1-14,16-17,23H,15H2,(H,29,30)(H,26,27,28). The fourth-order valence-corrected chi connectivity index (χ4v) is 3.29. The maximum absolute atomic E-state index is 11.7. The molecule has 0 bridgehead atoms. The van der Waals surface area contributed by atoms with Gasteiger partial charge in [0.25, 0.3) is 0 Å². The molecule has 5 nitrogen and oxygen atoms in total. The van der Waals surface area contributed by atoms with Crippen LogP contribution in [0.3, 0.4) is 0 Å². The molecule has 2 N–H and O–H groups in total. The molecule has 1 aromatic heterocycles. The highest BCUT2D eigenvalue weighted by Crippen LogP contribution is 2.24. The molecule has 0 saturated carbocycles. The third kappa shape index (κ3) is 4.70. The van der Waals surface area contributed by atoms with Crippen molar-refractivity contribution in [2.24, 2.45) is 0 Å². The predicted molar refractivity (Wildman–Crippen MR) is 118 cm³/mol. The Labute approximate surface area is 175 Å². The van der Waals surface area contributed by atoms with E-state index in [-0.39, 0.29) is 0 Å². The minimum Gasteiger partial charge on any atom is -0.480 e. The molecule has 0 saturated heterocycles. The van der Waals surface area contributed by atoms with Crippen molar-refractivity contribution in [3.8, 4) is 22.4 Å². The lowest BCUT2D eigenvalue weighted by Gasteiger charge is -2.15. The Kier molecular flexibility index (Phi) is 5.80. The van der Waals surface area contributed by atoms with Gasteiger partial charge in [-0.15, -0.1) is 0 Å². The fourth-order valence-electron chi connectivity index (χ4n) is 3.29. The summed E-state index contributed by atoms with van der Waals surface area (Å²) in [5.74, 6) is -0.443. The first kappa shape index (κ1) is 19.3. The van der Waals surface area contributed by atoms with Crippen LogP contribution in [0, 0.1) is 0 Å². The van der Waals surface area contributed by atoms with Crippen LogP contribution >= 0.6 is 0 Å². The summed E-state index contributed by atoms with van der Waals surface area (Å²) >= 11 is 0. The maximum atomic E-state index is 11.7. The van der Waals surface area contributed by atoms with Gasteiger partial charge in [0.2, 0.25) is 0 Å². The molecular formula is C25H21N3O2. The number of hydrogen-bond acceptors (Lipinski definition) is 4. The average molecular weight is 395 g/mol. The zero-order valence-electron chi connectivity index (χ0n) is 16.3. The molecule has 0 aliphatic carbocycles. The molecular weight excluding hydrogens is 374 g/mol. The molecule has 3 aromatic carbocycles. The number of benzene rings is 3. The van der Waals surface area contributed by atoms with Crippen LogP contribution in [0.1, 0.15) is 5.56 Å². The highest BCUT2D eigenvalue weighted by atomic mass is 16.4. The van der Waals surface area contributed by atoms with Gasteiger partial charge in [-0.25, -0.2) is 14.8 Å². The van der Waals surface area contributed by atoms with Crippen LogP contribution in [0.15, 0.2) is 97.3 Å². The highest BCUT2D eigenvalue weighted by Gasteiger charge is 2.18. The van der Waals surface area contributed by atoms with Gasteiger partial charge >= 0.3 is 5.97 Å². The van der Waals surface area contributed by atoms with Crippen molar-refractivity contribution in [1.82, 2.24) is 9.97 Å². The number of nitrogens with one attached hydrogen (secondary N) is 1. The van der Waals surface area contributed by atoms with E-state index in [0.29, 0.717) is 12.2 Å². The largest absolute Gasteiger partial charge is 0.480 e. The molecule has 30 heavy (non-hydrogen) atoms. The molecule has 1 unspecified atom stereocenters. The summed E-state index contributed by atoms with van der Waals surface area (Å²) in [6.07, 6.45) is 1.81. The number of nitrogens with zero attached hydrogens (tertiary/aromatic N) is 2. The number of hydrogen-bond donors (Lipinski definition) is 2. The molecule has 4 aromatic rings. The number of anilines is 1. The molecule has 4 rings (SSSR count). The van der Waals surface area contributed by atoms with Crippen LogP contribution in [0.5, 0.6) is 0 Å². The lowest BCUT2D eigenvalue weighted by molar-refractivity contribution is -0.137. The summed E-state index contributed by atoms with van der Waals surface area (Å²) < 4.78 is 0. The van der Waals surface area contributed by atoms with E-state index in [1.807, 2.05) is 60.7 Å². The van der Waals surface area contributed by atoms with E-state index in [2.05, 4.69) is 39.6 Å². The lowest BCUT2D eigenvalue weighted by atomic mass is 10.0. The highest BCUT2D eigenvalue weighted by molar-refractivity contribution is 5.78. The van der Waals surface area contributed by atoms with E-state index in [1.54, 1.807) is 6.07 Å². The van der Waals surface area contributed by atoms with Gasteiger partial charge in [-0.2, -0.15) is 0 Å². The van der Waals surface area contributed by atoms with Gasteiger partial charge in [-0.05, 0) is 16.7 Å². The van der Waals surface area contributed by atoms with Crippen LogP contribution in [-0.2, 0) is 11.2 Å².